The fourth-order valence-corrected chi connectivity index (χ4v) is 3.20. The molecule has 27 heavy (non-hydrogen) atoms. The van der Waals surface area contributed by atoms with Gasteiger partial charge in [-0.2, -0.15) is 0 Å². The van der Waals surface area contributed by atoms with E-state index in [2.05, 4.69) is 22.2 Å². The molecule has 6 nitrogen and oxygen atoms in total. The fraction of sp³-hybridized carbons (Fsp3) is 0.667. The maximum absolute atomic E-state index is 12.1. The number of amides is 1. The van der Waals surface area contributed by atoms with Gasteiger partial charge in [0.15, 0.2) is 11.5 Å². The molecule has 0 unspecified atom stereocenters. The zero-order valence-corrected chi connectivity index (χ0v) is 17.1. The summed E-state index contributed by atoms with van der Waals surface area (Å²) in [4.78, 5) is 16.9. The van der Waals surface area contributed by atoms with Gasteiger partial charge in [0, 0.05) is 39.1 Å². The molecule has 1 heterocycles. The molecule has 1 aliphatic rings. The summed E-state index contributed by atoms with van der Waals surface area (Å²) >= 11 is 0. The molecule has 1 aliphatic heterocycles. The summed E-state index contributed by atoms with van der Waals surface area (Å²) in [5.41, 5.74) is 1.09. The van der Waals surface area contributed by atoms with Gasteiger partial charge in [-0.25, -0.2) is 0 Å². The van der Waals surface area contributed by atoms with Gasteiger partial charge in [0.05, 0.1) is 13.2 Å². The zero-order valence-electron chi connectivity index (χ0n) is 17.1. The highest BCUT2D eigenvalue weighted by Gasteiger charge is 2.13. The Balaban J connectivity index is 1.66. The first-order valence-corrected chi connectivity index (χ1v) is 10.2. The molecule has 0 radical (unpaired) electrons. The standard InChI is InChI=1S/C21H35N3O3/c1-4-26-19-9-7-18(17-20(19)27-5-2)8-10-21(25)22-11-6-12-24-15-13-23(3)14-16-24/h7,9,17H,4-6,8,10-16H2,1-3H3,(H,22,25). The highest BCUT2D eigenvalue weighted by molar-refractivity contribution is 5.76. The number of piperazine rings is 1. The van der Waals surface area contributed by atoms with Crippen molar-refractivity contribution in [1.82, 2.24) is 15.1 Å². The van der Waals surface area contributed by atoms with Crippen molar-refractivity contribution in [2.75, 3.05) is 59.5 Å². The van der Waals surface area contributed by atoms with Gasteiger partial charge in [-0.3, -0.25) is 4.79 Å². The SMILES string of the molecule is CCOc1ccc(CCC(=O)NCCCN2CCN(C)CC2)cc1OCC. The van der Waals surface area contributed by atoms with Crippen LogP contribution in [0.15, 0.2) is 18.2 Å². The van der Waals surface area contributed by atoms with Crippen LogP contribution < -0.4 is 14.8 Å². The minimum Gasteiger partial charge on any atom is -0.490 e. The molecule has 1 amide bonds. The Morgan fingerprint density at radius 3 is 2.48 bits per heavy atom. The molecule has 0 bridgehead atoms. The number of rotatable bonds is 11. The van der Waals surface area contributed by atoms with Gasteiger partial charge < -0.3 is 24.6 Å². The lowest BCUT2D eigenvalue weighted by Crippen LogP contribution is -2.45. The molecule has 0 atom stereocenters. The van der Waals surface area contributed by atoms with E-state index in [-0.39, 0.29) is 5.91 Å². The molecule has 0 saturated carbocycles. The largest absolute Gasteiger partial charge is 0.490 e. The van der Waals surface area contributed by atoms with E-state index in [0.717, 1.165) is 62.8 Å². The number of likely N-dealkylation sites (N-methyl/N-ethyl adjacent to an activating group) is 1. The summed E-state index contributed by atoms with van der Waals surface area (Å²) in [6.07, 6.45) is 2.21. The Labute approximate surface area is 163 Å². The van der Waals surface area contributed by atoms with E-state index in [4.69, 9.17) is 9.47 Å². The predicted octanol–water partition coefficient (Wildman–Crippen LogP) is 2.17. The van der Waals surface area contributed by atoms with Crippen LogP contribution in [0, 0.1) is 0 Å². The Bertz CT molecular complexity index is 572. The van der Waals surface area contributed by atoms with Crippen LogP contribution in [0.3, 0.4) is 0 Å². The maximum Gasteiger partial charge on any atom is 0.220 e. The van der Waals surface area contributed by atoms with E-state index >= 15 is 0 Å². The van der Waals surface area contributed by atoms with E-state index < -0.39 is 0 Å². The second-order valence-electron chi connectivity index (χ2n) is 7.00. The summed E-state index contributed by atoms with van der Waals surface area (Å²) in [7, 11) is 2.17. The zero-order chi connectivity index (χ0) is 19.5. The number of hydrogen-bond donors (Lipinski definition) is 1. The van der Waals surface area contributed by atoms with Crippen LogP contribution in [-0.2, 0) is 11.2 Å². The molecule has 1 aromatic carbocycles. The third kappa shape index (κ3) is 7.77. The minimum absolute atomic E-state index is 0.111. The predicted molar refractivity (Wildman–Crippen MR) is 109 cm³/mol. The Morgan fingerprint density at radius 2 is 1.78 bits per heavy atom. The highest BCUT2D eigenvalue weighted by atomic mass is 16.5. The van der Waals surface area contributed by atoms with Crippen molar-refractivity contribution in [2.45, 2.75) is 33.1 Å². The molecule has 0 aromatic heterocycles. The molecule has 0 aliphatic carbocycles. The van der Waals surface area contributed by atoms with Gasteiger partial charge in [-0.15, -0.1) is 0 Å². The lowest BCUT2D eigenvalue weighted by molar-refractivity contribution is -0.121. The molecule has 1 aromatic rings. The Hall–Kier alpha value is -1.79. The number of carbonyl (C=O) groups excluding carboxylic acids is 1. The normalized spacial score (nSPS) is 15.5. The molecule has 1 saturated heterocycles. The summed E-state index contributed by atoms with van der Waals surface area (Å²) in [6, 6.07) is 5.92. The Morgan fingerprint density at radius 1 is 1.07 bits per heavy atom. The Kier molecular flexibility index (Phi) is 9.42. The summed E-state index contributed by atoms with van der Waals surface area (Å²) in [5, 5.41) is 3.04. The smallest absolute Gasteiger partial charge is 0.220 e. The quantitative estimate of drug-likeness (QED) is 0.599. The number of nitrogens with zero attached hydrogens (tertiary/aromatic N) is 2. The van der Waals surface area contributed by atoms with Gasteiger partial charge in [-0.05, 0) is 58.0 Å². The molecule has 2 rings (SSSR count). The first kappa shape index (κ1) is 21.5. The van der Waals surface area contributed by atoms with Crippen LogP contribution in [0.4, 0.5) is 0 Å². The first-order chi connectivity index (χ1) is 13.1. The van der Waals surface area contributed by atoms with Crippen molar-refractivity contribution in [3.63, 3.8) is 0 Å². The fourth-order valence-electron chi connectivity index (χ4n) is 3.20. The molecule has 0 spiro atoms. The van der Waals surface area contributed by atoms with Crippen molar-refractivity contribution in [3.05, 3.63) is 23.8 Å². The van der Waals surface area contributed by atoms with Gasteiger partial charge in [-0.1, -0.05) is 6.07 Å². The first-order valence-electron chi connectivity index (χ1n) is 10.2. The number of benzene rings is 1. The number of hydrogen-bond acceptors (Lipinski definition) is 5. The van der Waals surface area contributed by atoms with E-state index in [1.165, 1.54) is 0 Å². The number of ether oxygens (including phenoxy) is 2. The highest BCUT2D eigenvalue weighted by Crippen LogP contribution is 2.28. The van der Waals surface area contributed by atoms with E-state index in [9.17, 15) is 4.79 Å². The van der Waals surface area contributed by atoms with E-state index in [1.807, 2.05) is 32.0 Å². The molecule has 1 fully saturated rings. The average Bonchev–Trinajstić information content (AvgIpc) is 2.67. The molecule has 152 valence electrons. The summed E-state index contributed by atoms with van der Waals surface area (Å²) < 4.78 is 11.2. The monoisotopic (exact) mass is 377 g/mol. The van der Waals surface area contributed by atoms with E-state index in [1.54, 1.807) is 0 Å². The van der Waals surface area contributed by atoms with Crippen LogP contribution in [0.1, 0.15) is 32.3 Å². The maximum atomic E-state index is 12.1. The molecule has 6 heteroatoms. The van der Waals surface area contributed by atoms with Gasteiger partial charge in [0.25, 0.3) is 0 Å². The second-order valence-corrected chi connectivity index (χ2v) is 7.00. The van der Waals surface area contributed by atoms with Gasteiger partial charge in [0.2, 0.25) is 5.91 Å². The molecule has 1 N–H and O–H groups in total. The molecular formula is C21H35N3O3. The van der Waals surface area contributed by atoms with Gasteiger partial charge >= 0.3 is 0 Å². The van der Waals surface area contributed by atoms with Crippen LogP contribution in [-0.4, -0.2) is 75.2 Å². The van der Waals surface area contributed by atoms with Gasteiger partial charge in [0.1, 0.15) is 0 Å². The van der Waals surface area contributed by atoms with Crippen LogP contribution in [0.25, 0.3) is 0 Å². The average molecular weight is 378 g/mol. The van der Waals surface area contributed by atoms with Crippen molar-refractivity contribution in [1.29, 1.82) is 0 Å². The third-order valence-corrected chi connectivity index (χ3v) is 4.82. The summed E-state index contributed by atoms with van der Waals surface area (Å²) in [6.45, 7) is 11.5. The van der Waals surface area contributed by atoms with Crippen molar-refractivity contribution in [3.8, 4) is 11.5 Å². The third-order valence-electron chi connectivity index (χ3n) is 4.82. The summed E-state index contributed by atoms with van der Waals surface area (Å²) in [5.74, 6) is 1.63. The lowest BCUT2D eigenvalue weighted by Gasteiger charge is -2.32. The van der Waals surface area contributed by atoms with Crippen molar-refractivity contribution >= 4 is 5.91 Å². The van der Waals surface area contributed by atoms with Crippen LogP contribution in [0.2, 0.25) is 0 Å². The number of nitrogens with one attached hydrogen (secondary N) is 1. The number of aryl methyl sites for hydroxylation is 1. The second kappa shape index (κ2) is 11.8. The number of carbonyl (C=O) groups is 1. The van der Waals surface area contributed by atoms with Crippen molar-refractivity contribution in [2.24, 2.45) is 0 Å². The van der Waals surface area contributed by atoms with E-state index in [0.29, 0.717) is 26.1 Å². The topological polar surface area (TPSA) is 54.0 Å². The molecular weight excluding hydrogens is 342 g/mol. The van der Waals surface area contributed by atoms with Crippen molar-refractivity contribution < 1.29 is 14.3 Å². The van der Waals surface area contributed by atoms with Crippen LogP contribution in [0.5, 0.6) is 11.5 Å². The minimum atomic E-state index is 0.111. The lowest BCUT2D eigenvalue weighted by atomic mass is 10.1. The van der Waals surface area contributed by atoms with Crippen LogP contribution >= 0.6 is 0 Å².